The monoisotopic (exact) mass is 180 g/mol. The minimum absolute atomic E-state index is 0.0838. The zero-order chi connectivity index (χ0) is 9.35. The SMILES string of the molecule is O=C(O)C(F)(F)C1CCC(O)C1. The summed E-state index contributed by atoms with van der Waals surface area (Å²) in [6.45, 7) is 0. The van der Waals surface area contributed by atoms with Gasteiger partial charge in [-0.2, -0.15) is 8.78 Å². The van der Waals surface area contributed by atoms with Crippen LogP contribution in [0.3, 0.4) is 0 Å². The molecule has 2 atom stereocenters. The number of hydrogen-bond donors (Lipinski definition) is 2. The molecule has 3 nitrogen and oxygen atoms in total. The van der Waals surface area contributed by atoms with E-state index in [4.69, 9.17) is 10.2 Å². The quantitative estimate of drug-likeness (QED) is 0.662. The molecule has 0 bridgehead atoms. The Morgan fingerprint density at radius 1 is 1.42 bits per heavy atom. The van der Waals surface area contributed by atoms with Crippen LogP contribution in [-0.4, -0.2) is 28.2 Å². The van der Waals surface area contributed by atoms with E-state index in [9.17, 15) is 13.6 Å². The minimum atomic E-state index is -3.68. The lowest BCUT2D eigenvalue weighted by molar-refractivity contribution is -0.173. The molecule has 0 heterocycles. The van der Waals surface area contributed by atoms with Crippen molar-refractivity contribution in [2.45, 2.75) is 31.3 Å². The first-order valence-corrected chi connectivity index (χ1v) is 3.74. The second-order valence-electron chi connectivity index (χ2n) is 3.09. The number of rotatable bonds is 2. The van der Waals surface area contributed by atoms with E-state index in [-0.39, 0.29) is 19.3 Å². The Bertz CT molecular complexity index is 193. The van der Waals surface area contributed by atoms with Crippen molar-refractivity contribution in [1.29, 1.82) is 0 Å². The largest absolute Gasteiger partial charge is 0.477 e. The molecule has 0 aliphatic heterocycles. The van der Waals surface area contributed by atoms with Crippen molar-refractivity contribution in [2.75, 3.05) is 0 Å². The van der Waals surface area contributed by atoms with Gasteiger partial charge in [0.05, 0.1) is 6.10 Å². The highest BCUT2D eigenvalue weighted by atomic mass is 19.3. The zero-order valence-electron chi connectivity index (χ0n) is 6.33. The number of carbonyl (C=O) groups is 1. The van der Waals surface area contributed by atoms with Gasteiger partial charge in [-0.3, -0.25) is 0 Å². The van der Waals surface area contributed by atoms with E-state index in [0.717, 1.165) is 0 Å². The molecule has 1 saturated carbocycles. The smallest absolute Gasteiger partial charge is 0.374 e. The molecule has 1 aliphatic rings. The van der Waals surface area contributed by atoms with E-state index < -0.39 is 23.9 Å². The maximum absolute atomic E-state index is 12.7. The lowest BCUT2D eigenvalue weighted by Gasteiger charge is -2.17. The predicted molar refractivity (Wildman–Crippen MR) is 35.9 cm³/mol. The summed E-state index contributed by atoms with van der Waals surface area (Å²) in [5.41, 5.74) is 0. The summed E-state index contributed by atoms with van der Waals surface area (Å²) in [4.78, 5) is 10.1. The van der Waals surface area contributed by atoms with Gasteiger partial charge >= 0.3 is 11.9 Å². The molecule has 1 aliphatic carbocycles. The molecular weight excluding hydrogens is 170 g/mol. The summed E-state index contributed by atoms with van der Waals surface area (Å²) in [6.07, 6.45) is -0.520. The molecular formula is C7H10F2O3. The Morgan fingerprint density at radius 2 is 2.00 bits per heavy atom. The van der Waals surface area contributed by atoms with Crippen molar-refractivity contribution in [3.8, 4) is 0 Å². The first-order valence-electron chi connectivity index (χ1n) is 3.74. The van der Waals surface area contributed by atoms with Crippen molar-refractivity contribution in [3.63, 3.8) is 0 Å². The fraction of sp³-hybridized carbons (Fsp3) is 0.857. The molecule has 0 spiro atoms. The van der Waals surface area contributed by atoms with Gasteiger partial charge in [0.2, 0.25) is 0 Å². The molecule has 0 aromatic carbocycles. The van der Waals surface area contributed by atoms with Gasteiger partial charge in [0.1, 0.15) is 0 Å². The fourth-order valence-corrected chi connectivity index (χ4v) is 1.46. The number of alkyl halides is 2. The molecule has 0 saturated heterocycles. The van der Waals surface area contributed by atoms with Crippen LogP contribution in [0.2, 0.25) is 0 Å². The number of aliphatic carboxylic acids is 1. The van der Waals surface area contributed by atoms with E-state index in [0.29, 0.717) is 0 Å². The van der Waals surface area contributed by atoms with Crippen LogP contribution in [0.15, 0.2) is 0 Å². The summed E-state index contributed by atoms with van der Waals surface area (Å²) in [5, 5.41) is 17.1. The topological polar surface area (TPSA) is 57.5 Å². The fourth-order valence-electron chi connectivity index (χ4n) is 1.46. The number of aliphatic hydroxyl groups excluding tert-OH is 1. The average Bonchev–Trinajstić information content (AvgIpc) is 2.35. The van der Waals surface area contributed by atoms with Crippen molar-refractivity contribution in [3.05, 3.63) is 0 Å². The summed E-state index contributed by atoms with van der Waals surface area (Å²) in [7, 11) is 0. The number of halogens is 2. The van der Waals surface area contributed by atoms with Crippen LogP contribution in [0.25, 0.3) is 0 Å². The van der Waals surface area contributed by atoms with E-state index in [1.54, 1.807) is 0 Å². The Hall–Kier alpha value is -0.710. The summed E-state index contributed by atoms with van der Waals surface area (Å²) < 4.78 is 25.4. The third-order valence-electron chi connectivity index (χ3n) is 2.20. The van der Waals surface area contributed by atoms with Crippen LogP contribution < -0.4 is 0 Å². The van der Waals surface area contributed by atoms with Crippen LogP contribution in [0, 0.1) is 5.92 Å². The normalized spacial score (nSPS) is 30.6. The maximum atomic E-state index is 12.7. The highest BCUT2D eigenvalue weighted by Gasteiger charge is 2.49. The van der Waals surface area contributed by atoms with Gasteiger partial charge in [-0.25, -0.2) is 4.79 Å². The number of hydrogen-bond acceptors (Lipinski definition) is 2. The molecule has 0 aromatic heterocycles. The van der Waals surface area contributed by atoms with E-state index in [2.05, 4.69) is 0 Å². The highest BCUT2D eigenvalue weighted by Crippen LogP contribution is 2.38. The molecule has 2 N–H and O–H groups in total. The maximum Gasteiger partial charge on any atom is 0.374 e. The molecule has 0 amide bonds. The van der Waals surface area contributed by atoms with Crippen LogP contribution in [0.4, 0.5) is 8.78 Å². The standard InChI is InChI=1S/C7H10F2O3/c8-7(9,6(11)12)4-1-2-5(10)3-4/h4-5,10H,1-3H2,(H,11,12). The van der Waals surface area contributed by atoms with Crippen molar-refractivity contribution in [1.82, 2.24) is 0 Å². The molecule has 2 unspecified atom stereocenters. The third-order valence-corrected chi connectivity index (χ3v) is 2.20. The van der Waals surface area contributed by atoms with Gasteiger partial charge in [-0.05, 0) is 19.3 Å². The van der Waals surface area contributed by atoms with Crippen molar-refractivity contribution < 1.29 is 23.8 Å². The summed E-state index contributed by atoms with van der Waals surface area (Å²) in [6, 6.07) is 0. The number of aliphatic hydroxyl groups is 1. The molecule has 12 heavy (non-hydrogen) atoms. The summed E-state index contributed by atoms with van der Waals surface area (Å²) >= 11 is 0. The van der Waals surface area contributed by atoms with Crippen molar-refractivity contribution in [2.24, 2.45) is 5.92 Å². The second-order valence-corrected chi connectivity index (χ2v) is 3.09. The average molecular weight is 180 g/mol. The van der Waals surface area contributed by atoms with E-state index in [1.165, 1.54) is 0 Å². The van der Waals surface area contributed by atoms with Gasteiger partial charge in [-0.1, -0.05) is 0 Å². The van der Waals surface area contributed by atoms with Gasteiger partial charge in [0, 0.05) is 5.92 Å². The molecule has 5 heteroatoms. The van der Waals surface area contributed by atoms with Gasteiger partial charge in [0.15, 0.2) is 0 Å². The lowest BCUT2D eigenvalue weighted by Crippen LogP contribution is -2.36. The summed E-state index contributed by atoms with van der Waals surface area (Å²) in [5.74, 6) is -6.98. The Kier molecular flexibility index (Phi) is 2.32. The Morgan fingerprint density at radius 3 is 2.33 bits per heavy atom. The van der Waals surface area contributed by atoms with Gasteiger partial charge in [-0.15, -0.1) is 0 Å². The second kappa shape index (κ2) is 2.97. The van der Waals surface area contributed by atoms with Crippen LogP contribution >= 0.6 is 0 Å². The first kappa shape index (κ1) is 9.38. The molecule has 1 rings (SSSR count). The molecule has 70 valence electrons. The number of carboxylic acids is 1. The highest BCUT2D eigenvalue weighted by molar-refractivity contribution is 5.75. The first-order chi connectivity index (χ1) is 5.44. The third kappa shape index (κ3) is 1.55. The van der Waals surface area contributed by atoms with E-state index in [1.807, 2.05) is 0 Å². The van der Waals surface area contributed by atoms with Crippen LogP contribution in [-0.2, 0) is 4.79 Å². The Labute approximate surface area is 68.0 Å². The number of carboxylic acid groups (broad SMARTS) is 1. The van der Waals surface area contributed by atoms with E-state index >= 15 is 0 Å². The van der Waals surface area contributed by atoms with Crippen molar-refractivity contribution >= 4 is 5.97 Å². The minimum Gasteiger partial charge on any atom is -0.477 e. The molecule has 1 fully saturated rings. The lowest BCUT2D eigenvalue weighted by atomic mass is 10.00. The zero-order valence-corrected chi connectivity index (χ0v) is 6.33. The van der Waals surface area contributed by atoms with Crippen LogP contribution in [0.5, 0.6) is 0 Å². The molecule has 0 aromatic rings. The van der Waals surface area contributed by atoms with Gasteiger partial charge in [0.25, 0.3) is 0 Å². The Balaban J connectivity index is 2.63. The van der Waals surface area contributed by atoms with Crippen LogP contribution in [0.1, 0.15) is 19.3 Å². The van der Waals surface area contributed by atoms with Gasteiger partial charge < -0.3 is 10.2 Å². The predicted octanol–water partition coefficient (Wildman–Crippen LogP) is 0.867. The molecule has 0 radical (unpaired) electrons.